The monoisotopic (exact) mass is 372 g/mol. The highest BCUT2D eigenvalue weighted by Gasteiger charge is 2.35. The molecule has 0 unspecified atom stereocenters. The third kappa shape index (κ3) is 3.19. The lowest BCUT2D eigenvalue weighted by Crippen LogP contribution is -2.27. The summed E-state index contributed by atoms with van der Waals surface area (Å²) in [5.74, 6) is 0. The number of nitrogens with zero attached hydrogens (tertiary/aromatic N) is 3. The van der Waals surface area contributed by atoms with Crippen LogP contribution >= 0.6 is 0 Å². The molecular formula is C20H19F3N4. The molecule has 2 heterocycles. The highest BCUT2D eigenvalue weighted by atomic mass is 19.4. The number of hydrogen-bond donors (Lipinski definition) is 1. The maximum absolute atomic E-state index is 13.5. The van der Waals surface area contributed by atoms with Crippen molar-refractivity contribution in [3.05, 3.63) is 65.4 Å². The number of alkyl halides is 3. The molecule has 0 radical (unpaired) electrons. The minimum absolute atomic E-state index is 0.0625. The van der Waals surface area contributed by atoms with Crippen molar-refractivity contribution in [3.63, 3.8) is 0 Å². The fourth-order valence-electron chi connectivity index (χ4n) is 3.52. The van der Waals surface area contributed by atoms with Gasteiger partial charge in [0, 0.05) is 36.3 Å². The van der Waals surface area contributed by atoms with E-state index >= 15 is 0 Å². The molecule has 0 atom stereocenters. The van der Waals surface area contributed by atoms with E-state index in [1.807, 2.05) is 19.2 Å². The van der Waals surface area contributed by atoms with Gasteiger partial charge in [-0.15, -0.1) is 0 Å². The van der Waals surface area contributed by atoms with E-state index in [0.717, 1.165) is 29.4 Å². The van der Waals surface area contributed by atoms with Gasteiger partial charge in [-0.05, 0) is 31.3 Å². The molecular weight excluding hydrogens is 353 g/mol. The molecule has 0 aliphatic carbocycles. The Bertz CT molecular complexity index is 974. The fraction of sp³-hybridized carbons (Fsp3) is 0.250. The first-order valence-corrected chi connectivity index (χ1v) is 8.66. The van der Waals surface area contributed by atoms with Gasteiger partial charge in [0.05, 0.1) is 22.6 Å². The molecule has 1 aliphatic rings. The number of aromatic nitrogens is 2. The smallest absolute Gasteiger partial charge is 0.399 e. The average molecular weight is 372 g/mol. The molecule has 4 nitrogen and oxygen atoms in total. The molecule has 0 amide bonds. The molecule has 140 valence electrons. The number of benzene rings is 2. The summed E-state index contributed by atoms with van der Waals surface area (Å²) in [4.78, 5) is 2.14. The number of likely N-dealkylation sites (N-methyl/N-ethyl adjacent to an activating group) is 1. The minimum Gasteiger partial charge on any atom is -0.399 e. The van der Waals surface area contributed by atoms with Gasteiger partial charge in [-0.1, -0.05) is 24.3 Å². The van der Waals surface area contributed by atoms with Gasteiger partial charge in [0.25, 0.3) is 0 Å². The van der Waals surface area contributed by atoms with E-state index in [1.54, 1.807) is 18.2 Å². The maximum atomic E-state index is 13.5. The van der Waals surface area contributed by atoms with Crippen molar-refractivity contribution in [1.29, 1.82) is 0 Å². The van der Waals surface area contributed by atoms with Crippen LogP contribution in [-0.4, -0.2) is 28.3 Å². The van der Waals surface area contributed by atoms with Crippen molar-refractivity contribution in [2.45, 2.75) is 19.1 Å². The van der Waals surface area contributed by atoms with E-state index in [-0.39, 0.29) is 5.69 Å². The van der Waals surface area contributed by atoms with Crippen LogP contribution in [0.2, 0.25) is 0 Å². The molecule has 0 saturated heterocycles. The van der Waals surface area contributed by atoms with Crippen molar-refractivity contribution in [2.24, 2.45) is 0 Å². The standard InChI is InChI=1S/C20H19F3N4/c1-26-11-10-17-15(12-26)19(13-6-8-14(24)9-7-13)25-27(17)18-5-3-2-4-16(18)20(21,22)23/h2-9H,10-12,24H2,1H3. The molecule has 3 aromatic rings. The Labute approximate surface area is 155 Å². The van der Waals surface area contributed by atoms with Gasteiger partial charge in [0.1, 0.15) is 0 Å². The highest BCUT2D eigenvalue weighted by molar-refractivity contribution is 5.67. The number of nitrogen functional groups attached to an aromatic ring is 1. The maximum Gasteiger partial charge on any atom is 0.418 e. The predicted octanol–water partition coefficient (Wildman–Crippen LogP) is 4.13. The number of nitrogens with two attached hydrogens (primary N) is 1. The SMILES string of the molecule is CN1CCc2c(c(-c3ccc(N)cc3)nn2-c2ccccc2C(F)(F)F)C1. The fourth-order valence-corrected chi connectivity index (χ4v) is 3.52. The highest BCUT2D eigenvalue weighted by Crippen LogP contribution is 2.37. The molecule has 1 aliphatic heterocycles. The predicted molar refractivity (Wildman–Crippen MR) is 98.5 cm³/mol. The first kappa shape index (κ1) is 17.6. The second kappa shape index (κ2) is 6.42. The average Bonchev–Trinajstić information content (AvgIpc) is 3.00. The summed E-state index contributed by atoms with van der Waals surface area (Å²) in [6.07, 6.45) is -3.80. The minimum atomic E-state index is -4.44. The number of fused-ring (bicyclic) bond motifs is 1. The molecule has 7 heteroatoms. The number of hydrogen-bond acceptors (Lipinski definition) is 3. The zero-order chi connectivity index (χ0) is 19.2. The quantitative estimate of drug-likeness (QED) is 0.688. The van der Waals surface area contributed by atoms with E-state index in [0.29, 0.717) is 24.3 Å². The first-order chi connectivity index (χ1) is 12.8. The van der Waals surface area contributed by atoms with Crippen LogP contribution in [0.5, 0.6) is 0 Å². The van der Waals surface area contributed by atoms with Crippen LogP contribution in [0.15, 0.2) is 48.5 Å². The van der Waals surface area contributed by atoms with E-state index in [2.05, 4.69) is 10.00 Å². The molecule has 0 saturated carbocycles. The van der Waals surface area contributed by atoms with Crippen molar-refractivity contribution < 1.29 is 13.2 Å². The number of halogens is 3. The molecule has 27 heavy (non-hydrogen) atoms. The molecule has 1 aromatic heterocycles. The Kier molecular flexibility index (Phi) is 4.19. The summed E-state index contributed by atoms with van der Waals surface area (Å²) < 4.78 is 42.1. The van der Waals surface area contributed by atoms with Crippen molar-refractivity contribution in [3.8, 4) is 16.9 Å². The summed E-state index contributed by atoms with van der Waals surface area (Å²) in [5.41, 5.74) is 9.12. The normalized spacial score (nSPS) is 15.0. The van der Waals surface area contributed by atoms with Crippen LogP contribution < -0.4 is 5.73 Å². The second-order valence-electron chi connectivity index (χ2n) is 6.81. The Morgan fingerprint density at radius 2 is 1.74 bits per heavy atom. The van der Waals surface area contributed by atoms with Crippen molar-refractivity contribution in [1.82, 2.24) is 14.7 Å². The molecule has 0 spiro atoms. The van der Waals surface area contributed by atoms with E-state index in [9.17, 15) is 13.2 Å². The zero-order valence-electron chi connectivity index (χ0n) is 14.8. The first-order valence-electron chi connectivity index (χ1n) is 8.66. The van der Waals surface area contributed by atoms with Crippen molar-refractivity contribution >= 4 is 5.69 Å². The molecule has 0 bridgehead atoms. The zero-order valence-corrected chi connectivity index (χ0v) is 14.8. The van der Waals surface area contributed by atoms with Gasteiger partial charge in [-0.3, -0.25) is 0 Å². The van der Waals surface area contributed by atoms with Crippen molar-refractivity contribution in [2.75, 3.05) is 19.3 Å². The van der Waals surface area contributed by atoms with Crippen LogP contribution in [0.3, 0.4) is 0 Å². The van der Waals surface area contributed by atoms with E-state index < -0.39 is 11.7 Å². The number of rotatable bonds is 2. The van der Waals surface area contributed by atoms with E-state index in [1.165, 1.54) is 16.8 Å². The van der Waals surface area contributed by atoms with E-state index in [4.69, 9.17) is 5.73 Å². The van der Waals surface area contributed by atoms with Gasteiger partial charge in [-0.2, -0.15) is 18.3 Å². The van der Waals surface area contributed by atoms with Crippen LogP contribution in [-0.2, 0) is 19.1 Å². The second-order valence-corrected chi connectivity index (χ2v) is 6.81. The Morgan fingerprint density at radius 1 is 1.04 bits per heavy atom. The molecule has 0 fully saturated rings. The van der Waals surface area contributed by atoms with Crippen LogP contribution in [0.4, 0.5) is 18.9 Å². The summed E-state index contributed by atoms with van der Waals surface area (Å²) >= 11 is 0. The van der Waals surface area contributed by atoms with Crippen LogP contribution in [0.25, 0.3) is 16.9 Å². The summed E-state index contributed by atoms with van der Waals surface area (Å²) in [6, 6.07) is 12.8. The third-order valence-electron chi connectivity index (χ3n) is 4.87. The third-order valence-corrected chi connectivity index (χ3v) is 4.87. The summed E-state index contributed by atoms with van der Waals surface area (Å²) in [6.45, 7) is 1.41. The lowest BCUT2D eigenvalue weighted by molar-refractivity contribution is -0.137. The van der Waals surface area contributed by atoms with Gasteiger partial charge in [0.2, 0.25) is 0 Å². The van der Waals surface area contributed by atoms with Gasteiger partial charge >= 0.3 is 6.18 Å². The van der Waals surface area contributed by atoms with Gasteiger partial charge in [0.15, 0.2) is 0 Å². The lowest BCUT2D eigenvalue weighted by Gasteiger charge is -2.24. The topological polar surface area (TPSA) is 47.1 Å². The molecule has 2 aromatic carbocycles. The molecule has 2 N–H and O–H groups in total. The number of para-hydroxylation sites is 1. The number of anilines is 1. The van der Waals surface area contributed by atoms with Crippen LogP contribution in [0.1, 0.15) is 16.8 Å². The van der Waals surface area contributed by atoms with Crippen LogP contribution in [0, 0.1) is 0 Å². The lowest BCUT2D eigenvalue weighted by atomic mass is 10.0. The largest absolute Gasteiger partial charge is 0.418 e. The Balaban J connectivity index is 1.94. The Hall–Kier alpha value is -2.80. The Morgan fingerprint density at radius 3 is 2.44 bits per heavy atom. The molecule has 4 rings (SSSR count). The summed E-state index contributed by atoms with van der Waals surface area (Å²) in [5, 5.41) is 4.62. The van der Waals surface area contributed by atoms with Gasteiger partial charge in [-0.25, -0.2) is 4.68 Å². The summed E-state index contributed by atoms with van der Waals surface area (Å²) in [7, 11) is 2.00. The van der Waals surface area contributed by atoms with Gasteiger partial charge < -0.3 is 10.6 Å².